The standard InChI is InChI=1S/C11H22O2/c1-2-3-4-5-8-11-9-6-7-10-12-13-11/h11H,2-10H2,1H3. The van der Waals surface area contributed by atoms with Gasteiger partial charge in [0.1, 0.15) is 0 Å². The monoisotopic (exact) mass is 186 g/mol. The van der Waals surface area contributed by atoms with E-state index < -0.39 is 0 Å². The zero-order valence-corrected chi connectivity index (χ0v) is 8.76. The predicted octanol–water partition coefficient (Wildman–Crippen LogP) is 3.46. The Labute approximate surface area is 81.5 Å². The van der Waals surface area contributed by atoms with Crippen LogP contribution in [0.4, 0.5) is 0 Å². The lowest BCUT2D eigenvalue weighted by Crippen LogP contribution is -2.10. The zero-order chi connectivity index (χ0) is 9.36. The first kappa shape index (κ1) is 11.0. The smallest absolute Gasteiger partial charge is 0.0930 e. The summed E-state index contributed by atoms with van der Waals surface area (Å²) in [5, 5.41) is 0. The molecule has 1 heterocycles. The van der Waals surface area contributed by atoms with E-state index >= 15 is 0 Å². The molecule has 1 aliphatic heterocycles. The Morgan fingerprint density at radius 3 is 2.92 bits per heavy atom. The molecule has 0 radical (unpaired) electrons. The van der Waals surface area contributed by atoms with Crippen molar-refractivity contribution in [1.29, 1.82) is 0 Å². The Balaban J connectivity index is 1.98. The number of rotatable bonds is 5. The van der Waals surface area contributed by atoms with Gasteiger partial charge in [-0.1, -0.05) is 32.6 Å². The summed E-state index contributed by atoms with van der Waals surface area (Å²) in [7, 11) is 0. The average molecular weight is 186 g/mol. The maximum absolute atomic E-state index is 5.28. The van der Waals surface area contributed by atoms with Crippen molar-refractivity contribution in [3.05, 3.63) is 0 Å². The topological polar surface area (TPSA) is 18.5 Å². The molecule has 0 spiro atoms. The van der Waals surface area contributed by atoms with Crippen molar-refractivity contribution in [3.63, 3.8) is 0 Å². The first-order valence-corrected chi connectivity index (χ1v) is 5.71. The van der Waals surface area contributed by atoms with Crippen molar-refractivity contribution in [2.24, 2.45) is 0 Å². The van der Waals surface area contributed by atoms with E-state index in [1.165, 1.54) is 44.9 Å². The van der Waals surface area contributed by atoms with E-state index in [2.05, 4.69) is 6.92 Å². The molecule has 0 aromatic carbocycles. The molecular formula is C11H22O2. The molecule has 0 aliphatic carbocycles. The number of hydrogen-bond acceptors (Lipinski definition) is 2. The normalized spacial score (nSPS) is 24.2. The molecule has 1 rings (SSSR count). The van der Waals surface area contributed by atoms with Crippen LogP contribution in [0.2, 0.25) is 0 Å². The average Bonchev–Trinajstić information content (AvgIpc) is 2.41. The molecular weight excluding hydrogens is 164 g/mol. The summed E-state index contributed by atoms with van der Waals surface area (Å²) < 4.78 is 0. The van der Waals surface area contributed by atoms with Gasteiger partial charge in [0.2, 0.25) is 0 Å². The third kappa shape index (κ3) is 5.27. The van der Waals surface area contributed by atoms with Crippen LogP contribution in [0.15, 0.2) is 0 Å². The van der Waals surface area contributed by atoms with Gasteiger partial charge in [-0.25, -0.2) is 9.78 Å². The lowest BCUT2D eigenvalue weighted by atomic mass is 10.1. The highest BCUT2D eigenvalue weighted by atomic mass is 17.2. The fourth-order valence-electron chi connectivity index (χ4n) is 1.72. The third-order valence-corrected chi connectivity index (χ3v) is 2.59. The fraction of sp³-hybridized carbons (Fsp3) is 1.00. The van der Waals surface area contributed by atoms with Crippen molar-refractivity contribution < 1.29 is 9.78 Å². The molecule has 78 valence electrons. The molecule has 1 fully saturated rings. The van der Waals surface area contributed by atoms with Crippen LogP contribution in [0.25, 0.3) is 0 Å². The van der Waals surface area contributed by atoms with E-state index in [1.54, 1.807) is 0 Å². The Hall–Kier alpha value is -0.0800. The SMILES string of the molecule is CCCCCCC1CCCCOO1. The lowest BCUT2D eigenvalue weighted by molar-refractivity contribution is -0.318. The van der Waals surface area contributed by atoms with Gasteiger partial charge in [0.05, 0.1) is 12.7 Å². The van der Waals surface area contributed by atoms with Gasteiger partial charge in [-0.3, -0.25) is 0 Å². The van der Waals surface area contributed by atoms with Gasteiger partial charge in [-0.05, 0) is 25.7 Å². The Kier molecular flexibility index (Phi) is 6.21. The van der Waals surface area contributed by atoms with Crippen molar-refractivity contribution in [2.45, 2.75) is 64.4 Å². The molecule has 2 nitrogen and oxygen atoms in total. The van der Waals surface area contributed by atoms with Gasteiger partial charge in [-0.15, -0.1) is 0 Å². The highest BCUT2D eigenvalue weighted by molar-refractivity contribution is 4.59. The van der Waals surface area contributed by atoms with Gasteiger partial charge in [0.25, 0.3) is 0 Å². The van der Waals surface area contributed by atoms with E-state index in [9.17, 15) is 0 Å². The van der Waals surface area contributed by atoms with Gasteiger partial charge < -0.3 is 0 Å². The molecule has 0 saturated carbocycles. The molecule has 1 unspecified atom stereocenters. The molecule has 0 aromatic rings. The Bertz CT molecular complexity index is 107. The molecule has 0 N–H and O–H groups in total. The predicted molar refractivity (Wildman–Crippen MR) is 53.4 cm³/mol. The van der Waals surface area contributed by atoms with E-state index in [4.69, 9.17) is 9.78 Å². The van der Waals surface area contributed by atoms with Crippen LogP contribution >= 0.6 is 0 Å². The van der Waals surface area contributed by atoms with Crippen LogP contribution in [0, 0.1) is 0 Å². The van der Waals surface area contributed by atoms with Crippen LogP contribution in [0.1, 0.15) is 58.3 Å². The Morgan fingerprint density at radius 2 is 2.08 bits per heavy atom. The van der Waals surface area contributed by atoms with E-state index in [0.29, 0.717) is 6.10 Å². The van der Waals surface area contributed by atoms with Crippen LogP contribution in [0.3, 0.4) is 0 Å². The molecule has 2 heteroatoms. The van der Waals surface area contributed by atoms with E-state index in [-0.39, 0.29) is 0 Å². The minimum atomic E-state index is 0.374. The van der Waals surface area contributed by atoms with Crippen LogP contribution < -0.4 is 0 Å². The number of unbranched alkanes of at least 4 members (excludes halogenated alkanes) is 3. The molecule has 0 aromatic heterocycles. The summed E-state index contributed by atoms with van der Waals surface area (Å²) in [5.74, 6) is 0. The second-order valence-corrected chi connectivity index (χ2v) is 3.89. The van der Waals surface area contributed by atoms with E-state index in [1.807, 2.05) is 0 Å². The van der Waals surface area contributed by atoms with Crippen molar-refractivity contribution in [3.8, 4) is 0 Å². The summed E-state index contributed by atoms with van der Waals surface area (Å²) in [6.45, 7) is 3.02. The Morgan fingerprint density at radius 1 is 1.15 bits per heavy atom. The van der Waals surface area contributed by atoms with Crippen LogP contribution in [-0.4, -0.2) is 12.7 Å². The quantitative estimate of drug-likeness (QED) is 0.483. The molecule has 1 saturated heterocycles. The molecule has 1 aliphatic rings. The first-order valence-electron chi connectivity index (χ1n) is 5.71. The van der Waals surface area contributed by atoms with Crippen molar-refractivity contribution in [1.82, 2.24) is 0 Å². The summed E-state index contributed by atoms with van der Waals surface area (Å²) in [4.78, 5) is 10.3. The van der Waals surface area contributed by atoms with Crippen LogP contribution in [-0.2, 0) is 9.78 Å². The van der Waals surface area contributed by atoms with Crippen LogP contribution in [0.5, 0.6) is 0 Å². The second-order valence-electron chi connectivity index (χ2n) is 3.89. The molecule has 0 bridgehead atoms. The molecule has 1 atom stereocenters. The third-order valence-electron chi connectivity index (χ3n) is 2.59. The maximum atomic E-state index is 5.28. The van der Waals surface area contributed by atoms with Gasteiger partial charge in [0, 0.05) is 0 Å². The summed E-state index contributed by atoms with van der Waals surface area (Å²) in [6.07, 6.45) is 10.5. The largest absolute Gasteiger partial charge is 0.236 e. The first-order chi connectivity index (χ1) is 6.43. The van der Waals surface area contributed by atoms with Gasteiger partial charge in [0.15, 0.2) is 0 Å². The fourth-order valence-corrected chi connectivity index (χ4v) is 1.72. The lowest BCUT2D eigenvalue weighted by Gasteiger charge is -2.12. The summed E-state index contributed by atoms with van der Waals surface area (Å²) in [6, 6.07) is 0. The van der Waals surface area contributed by atoms with Crippen molar-refractivity contribution in [2.75, 3.05) is 6.61 Å². The highest BCUT2D eigenvalue weighted by Gasteiger charge is 2.12. The highest BCUT2D eigenvalue weighted by Crippen LogP contribution is 2.17. The second kappa shape index (κ2) is 7.34. The van der Waals surface area contributed by atoms with Gasteiger partial charge in [-0.2, -0.15) is 0 Å². The summed E-state index contributed by atoms with van der Waals surface area (Å²) >= 11 is 0. The van der Waals surface area contributed by atoms with Gasteiger partial charge >= 0.3 is 0 Å². The minimum Gasteiger partial charge on any atom is -0.236 e. The van der Waals surface area contributed by atoms with Crippen molar-refractivity contribution >= 4 is 0 Å². The summed E-state index contributed by atoms with van der Waals surface area (Å²) in [5.41, 5.74) is 0. The molecule has 0 amide bonds. The number of hydrogen-bond donors (Lipinski definition) is 0. The molecule has 13 heavy (non-hydrogen) atoms. The zero-order valence-electron chi connectivity index (χ0n) is 8.76. The maximum Gasteiger partial charge on any atom is 0.0930 e. The minimum absolute atomic E-state index is 0.374. The van der Waals surface area contributed by atoms with E-state index in [0.717, 1.165) is 13.0 Å².